The molecule has 0 amide bonds. The Morgan fingerprint density at radius 3 is 2.75 bits per heavy atom. The fourth-order valence-electron chi connectivity index (χ4n) is 1.28. The Morgan fingerprint density at radius 2 is 2.25 bits per heavy atom. The molecule has 0 aliphatic heterocycles. The van der Waals surface area contributed by atoms with E-state index in [1.807, 2.05) is 0 Å². The highest BCUT2D eigenvalue weighted by Gasteiger charge is 2.21. The molecule has 1 aromatic rings. The van der Waals surface area contributed by atoms with E-state index in [-0.39, 0.29) is 16.8 Å². The molecule has 1 aromatic carbocycles. The van der Waals surface area contributed by atoms with Crippen LogP contribution in [0.3, 0.4) is 0 Å². The van der Waals surface area contributed by atoms with E-state index in [9.17, 15) is 14.5 Å². The van der Waals surface area contributed by atoms with E-state index in [0.29, 0.717) is 6.29 Å². The van der Waals surface area contributed by atoms with E-state index in [4.69, 9.17) is 11.6 Å². The number of nitroso groups, excluding NO2 is 1. The molecule has 0 aliphatic carbocycles. The van der Waals surface area contributed by atoms with Gasteiger partial charge in [-0.1, -0.05) is 6.07 Å². The lowest BCUT2D eigenvalue weighted by molar-refractivity contribution is -0.107. The van der Waals surface area contributed by atoms with E-state index in [2.05, 4.69) is 9.91 Å². The number of esters is 1. The van der Waals surface area contributed by atoms with Crippen LogP contribution < -0.4 is 0 Å². The highest BCUT2D eigenvalue weighted by atomic mass is 35.5. The summed E-state index contributed by atoms with van der Waals surface area (Å²) in [7, 11) is 1.19. The number of hydrogen-bond acceptors (Lipinski definition) is 5. The Hall–Kier alpha value is -1.75. The minimum atomic E-state index is -1.11. The van der Waals surface area contributed by atoms with Crippen molar-refractivity contribution in [3.8, 4) is 0 Å². The van der Waals surface area contributed by atoms with Gasteiger partial charge in [0.15, 0.2) is 0 Å². The average molecular weight is 242 g/mol. The maximum atomic E-state index is 11.4. The van der Waals surface area contributed by atoms with Gasteiger partial charge in [-0.15, -0.1) is 16.5 Å². The predicted octanol–water partition coefficient (Wildman–Crippen LogP) is 2.35. The molecule has 1 rings (SSSR count). The lowest BCUT2D eigenvalue weighted by Crippen LogP contribution is -2.07. The monoisotopic (exact) mass is 241 g/mol. The van der Waals surface area contributed by atoms with Crippen LogP contribution in [0.2, 0.25) is 0 Å². The number of alkyl halides is 1. The molecule has 16 heavy (non-hydrogen) atoms. The van der Waals surface area contributed by atoms with E-state index >= 15 is 0 Å². The number of ether oxygens (including phenoxy) is 1. The fourth-order valence-corrected chi connectivity index (χ4v) is 1.51. The molecule has 0 N–H and O–H groups in total. The van der Waals surface area contributed by atoms with Gasteiger partial charge in [0.25, 0.3) is 0 Å². The smallest absolute Gasteiger partial charge is 0.338 e. The summed E-state index contributed by atoms with van der Waals surface area (Å²) in [5.41, 5.74) is 0.0858. The normalized spacial score (nSPS) is 11.6. The molecule has 0 bridgehead atoms. The van der Waals surface area contributed by atoms with Crippen molar-refractivity contribution < 1.29 is 14.3 Å². The molecule has 0 radical (unpaired) electrons. The van der Waals surface area contributed by atoms with Crippen molar-refractivity contribution in [3.05, 3.63) is 34.2 Å². The van der Waals surface area contributed by atoms with E-state index in [1.54, 1.807) is 0 Å². The molecule has 1 atom stereocenters. The van der Waals surface area contributed by atoms with Gasteiger partial charge < -0.3 is 9.53 Å². The highest BCUT2D eigenvalue weighted by Crippen LogP contribution is 2.32. The van der Waals surface area contributed by atoms with Gasteiger partial charge in [0.1, 0.15) is 17.4 Å². The largest absolute Gasteiger partial charge is 0.465 e. The minimum absolute atomic E-state index is 0.0463. The molecule has 0 heterocycles. The number of carbonyl (C=O) groups is 2. The predicted molar refractivity (Wildman–Crippen MR) is 57.9 cm³/mol. The molecule has 0 saturated carbocycles. The Kier molecular flexibility index (Phi) is 4.13. The summed E-state index contributed by atoms with van der Waals surface area (Å²) >= 11 is 5.71. The average Bonchev–Trinajstić information content (AvgIpc) is 2.35. The van der Waals surface area contributed by atoms with Crippen molar-refractivity contribution in [2.75, 3.05) is 7.11 Å². The van der Waals surface area contributed by atoms with Crippen LogP contribution in [-0.2, 0) is 9.53 Å². The molecular weight excluding hydrogens is 234 g/mol. The van der Waals surface area contributed by atoms with Gasteiger partial charge in [-0.25, -0.2) is 4.79 Å². The number of halogens is 1. The van der Waals surface area contributed by atoms with Crippen LogP contribution in [0.5, 0.6) is 0 Å². The summed E-state index contributed by atoms with van der Waals surface area (Å²) < 4.78 is 4.51. The second-order valence-corrected chi connectivity index (χ2v) is 3.33. The first-order valence-corrected chi connectivity index (χ1v) is 4.73. The minimum Gasteiger partial charge on any atom is -0.465 e. The number of nitrogens with zero attached hydrogens (tertiary/aromatic N) is 1. The van der Waals surface area contributed by atoms with Crippen LogP contribution in [0.4, 0.5) is 5.69 Å². The van der Waals surface area contributed by atoms with E-state index in [0.717, 1.165) is 0 Å². The van der Waals surface area contributed by atoms with Gasteiger partial charge in [0, 0.05) is 5.56 Å². The van der Waals surface area contributed by atoms with Crippen molar-refractivity contribution in [2.45, 2.75) is 5.38 Å². The molecule has 0 fully saturated rings. The number of benzene rings is 1. The van der Waals surface area contributed by atoms with Gasteiger partial charge in [-0.2, -0.15) is 0 Å². The molecule has 0 aliphatic rings. The molecule has 5 nitrogen and oxygen atoms in total. The van der Waals surface area contributed by atoms with Crippen molar-refractivity contribution >= 4 is 29.5 Å². The third-order valence-electron chi connectivity index (χ3n) is 1.98. The van der Waals surface area contributed by atoms with Gasteiger partial charge >= 0.3 is 5.97 Å². The van der Waals surface area contributed by atoms with Crippen LogP contribution in [0.15, 0.2) is 23.4 Å². The van der Waals surface area contributed by atoms with Gasteiger partial charge in [0.2, 0.25) is 0 Å². The molecular formula is C10H8ClNO4. The lowest BCUT2D eigenvalue weighted by atomic mass is 10.0. The Morgan fingerprint density at radius 1 is 1.56 bits per heavy atom. The fraction of sp³-hybridized carbons (Fsp3) is 0.200. The Balaban J connectivity index is 3.42. The third-order valence-corrected chi connectivity index (χ3v) is 2.30. The lowest BCUT2D eigenvalue weighted by Gasteiger charge is -2.09. The van der Waals surface area contributed by atoms with E-state index in [1.165, 1.54) is 25.3 Å². The maximum absolute atomic E-state index is 11.4. The van der Waals surface area contributed by atoms with Crippen LogP contribution >= 0.6 is 11.6 Å². The number of hydrogen-bond donors (Lipinski definition) is 0. The summed E-state index contributed by atoms with van der Waals surface area (Å²) in [6.07, 6.45) is 0.415. The molecule has 6 heteroatoms. The van der Waals surface area contributed by atoms with Crippen LogP contribution in [0.1, 0.15) is 21.3 Å². The Labute approximate surface area is 96.3 Å². The van der Waals surface area contributed by atoms with Gasteiger partial charge in [-0.05, 0) is 17.3 Å². The van der Waals surface area contributed by atoms with Crippen molar-refractivity contribution in [3.63, 3.8) is 0 Å². The van der Waals surface area contributed by atoms with Gasteiger partial charge in [-0.3, -0.25) is 0 Å². The summed E-state index contributed by atoms with van der Waals surface area (Å²) in [6.45, 7) is 0. The number of aldehydes is 1. The van der Waals surface area contributed by atoms with Gasteiger partial charge in [0.05, 0.1) is 12.7 Å². The summed E-state index contributed by atoms with van der Waals surface area (Å²) in [5.74, 6) is -0.673. The Bertz CT molecular complexity index is 433. The number of rotatable bonds is 4. The second-order valence-electron chi connectivity index (χ2n) is 2.86. The highest BCUT2D eigenvalue weighted by molar-refractivity contribution is 6.28. The SMILES string of the molecule is COC(=O)c1cccc(N=O)c1C(Cl)C=O. The zero-order chi connectivity index (χ0) is 12.1. The second kappa shape index (κ2) is 5.37. The zero-order valence-corrected chi connectivity index (χ0v) is 9.10. The maximum Gasteiger partial charge on any atom is 0.338 e. The first-order valence-electron chi connectivity index (χ1n) is 4.29. The quantitative estimate of drug-likeness (QED) is 0.351. The van der Waals surface area contributed by atoms with E-state index < -0.39 is 11.3 Å². The topological polar surface area (TPSA) is 72.8 Å². The standard InChI is InChI=1S/C10H8ClNO4/c1-16-10(14)6-3-2-4-8(12-15)9(6)7(11)5-13/h2-5,7H,1H3. The molecule has 0 saturated heterocycles. The summed E-state index contributed by atoms with van der Waals surface area (Å²) in [4.78, 5) is 32.5. The van der Waals surface area contributed by atoms with Crippen LogP contribution in [0, 0.1) is 4.91 Å². The first-order chi connectivity index (χ1) is 7.65. The third kappa shape index (κ3) is 2.25. The van der Waals surface area contributed by atoms with Crippen LogP contribution in [0.25, 0.3) is 0 Å². The summed E-state index contributed by atoms with van der Waals surface area (Å²) in [6, 6.07) is 4.24. The molecule has 84 valence electrons. The molecule has 1 unspecified atom stereocenters. The molecule has 0 aromatic heterocycles. The van der Waals surface area contributed by atoms with Crippen molar-refractivity contribution in [2.24, 2.45) is 5.18 Å². The summed E-state index contributed by atoms with van der Waals surface area (Å²) in [5, 5.41) is 1.61. The first kappa shape index (κ1) is 12.3. The number of carbonyl (C=O) groups excluding carboxylic acids is 2. The van der Waals surface area contributed by atoms with Crippen molar-refractivity contribution in [1.29, 1.82) is 0 Å². The van der Waals surface area contributed by atoms with Crippen LogP contribution in [-0.4, -0.2) is 19.4 Å². The molecule has 0 spiro atoms. The number of methoxy groups -OCH3 is 1. The zero-order valence-electron chi connectivity index (χ0n) is 8.34. The van der Waals surface area contributed by atoms with Crippen molar-refractivity contribution in [1.82, 2.24) is 0 Å².